The molecule has 5 nitrogen and oxygen atoms in total. The van der Waals surface area contributed by atoms with Crippen molar-refractivity contribution < 1.29 is 12.8 Å². The van der Waals surface area contributed by atoms with Crippen LogP contribution in [-0.2, 0) is 10.0 Å². The van der Waals surface area contributed by atoms with Gasteiger partial charge in [-0.2, -0.15) is 0 Å². The van der Waals surface area contributed by atoms with Crippen molar-refractivity contribution in [1.82, 2.24) is 0 Å². The Morgan fingerprint density at radius 3 is 2.50 bits per heavy atom. The molecule has 2 aromatic carbocycles. The molecule has 0 bridgehead atoms. The smallest absolute Gasteiger partial charge is 0.240 e. The second-order valence-corrected chi connectivity index (χ2v) is 6.40. The molecule has 0 aliphatic rings. The minimum atomic E-state index is -3.91. The Morgan fingerprint density at radius 1 is 1.20 bits per heavy atom. The van der Waals surface area contributed by atoms with Crippen LogP contribution < -0.4 is 16.2 Å². The Bertz CT molecular complexity index is 765. The molecule has 5 N–H and O–H groups in total. The van der Waals surface area contributed by atoms with E-state index in [1.807, 2.05) is 0 Å². The molecule has 0 amide bonds. The zero-order chi connectivity index (χ0) is 14.9. The van der Waals surface area contributed by atoms with Crippen LogP contribution in [0.5, 0.6) is 0 Å². The average molecular weight is 360 g/mol. The van der Waals surface area contributed by atoms with Crippen LogP contribution in [0.15, 0.2) is 45.8 Å². The fraction of sp³-hybridized carbons (Fsp3) is 0. The summed E-state index contributed by atoms with van der Waals surface area (Å²) in [5.41, 5.74) is 6.51. The van der Waals surface area contributed by atoms with Crippen molar-refractivity contribution in [3.05, 3.63) is 46.7 Å². The van der Waals surface area contributed by atoms with Crippen LogP contribution in [0, 0.1) is 5.82 Å². The molecule has 0 atom stereocenters. The number of hydrogen-bond acceptors (Lipinski definition) is 4. The lowest BCUT2D eigenvalue weighted by atomic mass is 10.2. The first kappa shape index (κ1) is 14.8. The molecule has 0 saturated heterocycles. The molecule has 0 aliphatic heterocycles. The molecule has 0 heterocycles. The first-order valence-corrected chi connectivity index (χ1v) is 7.76. The first-order chi connectivity index (χ1) is 9.29. The first-order valence-electron chi connectivity index (χ1n) is 5.42. The molecule has 20 heavy (non-hydrogen) atoms. The minimum absolute atomic E-state index is 0.0154. The molecule has 0 aliphatic carbocycles. The molecule has 0 radical (unpaired) electrons. The van der Waals surface area contributed by atoms with E-state index < -0.39 is 15.8 Å². The third kappa shape index (κ3) is 3.09. The van der Waals surface area contributed by atoms with E-state index in [-0.39, 0.29) is 10.6 Å². The number of halogens is 2. The molecule has 0 saturated carbocycles. The quantitative estimate of drug-likeness (QED) is 0.733. The van der Waals surface area contributed by atoms with Gasteiger partial charge in [-0.3, -0.25) is 0 Å². The van der Waals surface area contributed by atoms with Gasteiger partial charge in [-0.1, -0.05) is 6.07 Å². The highest BCUT2D eigenvalue weighted by atomic mass is 79.9. The summed E-state index contributed by atoms with van der Waals surface area (Å²) in [4.78, 5) is -0.180. The number of nitrogens with two attached hydrogens (primary N) is 2. The zero-order valence-corrected chi connectivity index (χ0v) is 12.5. The van der Waals surface area contributed by atoms with E-state index in [4.69, 9.17) is 10.9 Å². The van der Waals surface area contributed by atoms with E-state index in [1.54, 1.807) is 12.1 Å². The lowest BCUT2D eigenvalue weighted by molar-refractivity contribution is 0.598. The highest BCUT2D eigenvalue weighted by Crippen LogP contribution is 2.29. The predicted octanol–water partition coefficient (Wildman–Crippen LogP) is 2.56. The summed E-state index contributed by atoms with van der Waals surface area (Å²) in [5, 5.41) is 7.91. The largest absolute Gasteiger partial charge is 0.396 e. The maximum atomic E-state index is 13.4. The summed E-state index contributed by atoms with van der Waals surface area (Å²) in [6.07, 6.45) is 0. The number of nitrogen functional groups attached to an aromatic ring is 1. The Balaban J connectivity index is 2.42. The summed E-state index contributed by atoms with van der Waals surface area (Å²) in [5.74, 6) is -0.448. The van der Waals surface area contributed by atoms with E-state index in [9.17, 15) is 12.8 Å². The van der Waals surface area contributed by atoms with E-state index >= 15 is 0 Å². The Morgan fingerprint density at radius 2 is 1.90 bits per heavy atom. The molecular weight excluding hydrogens is 349 g/mol. The molecule has 2 aromatic rings. The van der Waals surface area contributed by atoms with Crippen molar-refractivity contribution in [3.8, 4) is 0 Å². The SMILES string of the molecule is Nc1c(Nc2ccc(Br)c(F)c2)cccc1S(N)(=O)=O. The van der Waals surface area contributed by atoms with Crippen LogP contribution in [0.1, 0.15) is 0 Å². The topological polar surface area (TPSA) is 98.2 Å². The fourth-order valence-corrected chi connectivity index (χ4v) is 2.56. The summed E-state index contributed by atoms with van der Waals surface area (Å²) in [6, 6.07) is 8.77. The van der Waals surface area contributed by atoms with Crippen molar-refractivity contribution >= 4 is 43.0 Å². The summed E-state index contributed by atoms with van der Waals surface area (Å²) < 4.78 is 36.5. The van der Waals surface area contributed by atoms with Gasteiger partial charge in [0.2, 0.25) is 10.0 Å². The average Bonchev–Trinajstić information content (AvgIpc) is 2.35. The van der Waals surface area contributed by atoms with Gasteiger partial charge >= 0.3 is 0 Å². The third-order valence-electron chi connectivity index (χ3n) is 2.57. The number of hydrogen-bond donors (Lipinski definition) is 3. The van der Waals surface area contributed by atoms with Gasteiger partial charge in [-0.05, 0) is 46.3 Å². The van der Waals surface area contributed by atoms with Crippen molar-refractivity contribution in [1.29, 1.82) is 0 Å². The molecule has 106 valence electrons. The number of para-hydroxylation sites is 1. The molecule has 0 aromatic heterocycles. The van der Waals surface area contributed by atoms with Gasteiger partial charge in [-0.15, -0.1) is 0 Å². The fourth-order valence-electron chi connectivity index (χ4n) is 1.63. The molecule has 0 spiro atoms. The zero-order valence-electron chi connectivity index (χ0n) is 10.1. The lowest BCUT2D eigenvalue weighted by Gasteiger charge is -2.12. The maximum Gasteiger partial charge on any atom is 0.240 e. The van der Waals surface area contributed by atoms with Crippen molar-refractivity contribution in [2.24, 2.45) is 5.14 Å². The maximum absolute atomic E-state index is 13.4. The lowest BCUT2D eigenvalue weighted by Crippen LogP contribution is -2.15. The number of sulfonamides is 1. The van der Waals surface area contributed by atoms with Gasteiger partial charge in [0.1, 0.15) is 10.7 Å². The highest BCUT2D eigenvalue weighted by Gasteiger charge is 2.14. The van der Waals surface area contributed by atoms with Gasteiger partial charge in [0.15, 0.2) is 0 Å². The van der Waals surface area contributed by atoms with Crippen molar-refractivity contribution in [3.63, 3.8) is 0 Å². The van der Waals surface area contributed by atoms with E-state index in [1.165, 1.54) is 24.3 Å². The van der Waals surface area contributed by atoms with Crippen LogP contribution >= 0.6 is 15.9 Å². The Labute approximate surface area is 124 Å². The molecule has 0 unspecified atom stereocenters. The van der Waals surface area contributed by atoms with E-state index in [2.05, 4.69) is 21.2 Å². The van der Waals surface area contributed by atoms with Gasteiger partial charge < -0.3 is 11.1 Å². The number of rotatable bonds is 3. The Kier molecular flexibility index (Phi) is 3.98. The van der Waals surface area contributed by atoms with Crippen LogP contribution in [0.25, 0.3) is 0 Å². The molecular formula is C12H11BrFN3O2S. The van der Waals surface area contributed by atoms with Crippen LogP contribution in [0.3, 0.4) is 0 Å². The predicted molar refractivity (Wildman–Crippen MR) is 79.6 cm³/mol. The number of nitrogens with one attached hydrogen (secondary N) is 1. The second-order valence-electron chi connectivity index (χ2n) is 4.02. The number of benzene rings is 2. The van der Waals surface area contributed by atoms with Gasteiger partial charge in [0.25, 0.3) is 0 Å². The minimum Gasteiger partial charge on any atom is -0.396 e. The standard InChI is InChI=1S/C12H11BrFN3O2S/c13-8-5-4-7(6-9(8)14)17-10-2-1-3-11(12(10)15)20(16,18)19/h1-6,17H,15H2,(H2,16,18,19). The monoisotopic (exact) mass is 359 g/mol. The van der Waals surface area contributed by atoms with Crippen molar-refractivity contribution in [2.75, 3.05) is 11.1 Å². The van der Waals surface area contributed by atoms with Gasteiger partial charge in [0, 0.05) is 5.69 Å². The van der Waals surface area contributed by atoms with Crippen LogP contribution in [0.2, 0.25) is 0 Å². The summed E-state index contributed by atoms with van der Waals surface area (Å²) in [7, 11) is -3.91. The van der Waals surface area contributed by atoms with Gasteiger partial charge in [-0.25, -0.2) is 17.9 Å². The normalized spacial score (nSPS) is 11.3. The van der Waals surface area contributed by atoms with Crippen molar-refractivity contribution in [2.45, 2.75) is 4.90 Å². The summed E-state index contributed by atoms with van der Waals surface area (Å²) in [6.45, 7) is 0. The second kappa shape index (κ2) is 5.39. The highest BCUT2D eigenvalue weighted by molar-refractivity contribution is 9.10. The van der Waals surface area contributed by atoms with E-state index in [0.29, 0.717) is 15.8 Å². The number of primary sulfonamides is 1. The van der Waals surface area contributed by atoms with Crippen LogP contribution in [0.4, 0.5) is 21.5 Å². The Hall–Kier alpha value is -1.64. The summed E-state index contributed by atoms with van der Waals surface area (Å²) >= 11 is 3.04. The van der Waals surface area contributed by atoms with Crippen LogP contribution in [-0.4, -0.2) is 8.42 Å². The molecule has 8 heteroatoms. The third-order valence-corrected chi connectivity index (χ3v) is 4.18. The number of anilines is 3. The van der Waals surface area contributed by atoms with Gasteiger partial charge in [0.05, 0.1) is 15.8 Å². The molecule has 2 rings (SSSR count). The molecule has 0 fully saturated rings. The van der Waals surface area contributed by atoms with E-state index in [0.717, 1.165) is 0 Å².